The summed E-state index contributed by atoms with van der Waals surface area (Å²) in [5.74, 6) is 0.154. The van der Waals surface area contributed by atoms with Crippen molar-refractivity contribution in [1.29, 1.82) is 0 Å². The van der Waals surface area contributed by atoms with Crippen molar-refractivity contribution in [3.63, 3.8) is 0 Å². The molecule has 2 rings (SSSR count). The predicted octanol–water partition coefficient (Wildman–Crippen LogP) is 4.04. The molecule has 0 atom stereocenters. The molecule has 0 spiro atoms. The predicted molar refractivity (Wildman–Crippen MR) is 96.5 cm³/mol. The molecule has 0 aliphatic carbocycles. The lowest BCUT2D eigenvalue weighted by Gasteiger charge is -2.26. The van der Waals surface area contributed by atoms with E-state index in [9.17, 15) is 4.79 Å². The smallest absolute Gasteiger partial charge is 0.227 e. The zero-order chi connectivity index (χ0) is 15.4. The van der Waals surface area contributed by atoms with Gasteiger partial charge in [-0.15, -0.1) is 23.7 Å². The molecule has 120 valence electrons. The van der Waals surface area contributed by atoms with Crippen molar-refractivity contribution in [3.05, 3.63) is 51.7 Å². The van der Waals surface area contributed by atoms with E-state index < -0.39 is 0 Å². The minimum Gasteiger partial charge on any atom is -0.399 e. The van der Waals surface area contributed by atoms with E-state index in [1.165, 1.54) is 9.75 Å². The summed E-state index contributed by atoms with van der Waals surface area (Å²) >= 11 is 1.75. The molecule has 0 aliphatic heterocycles. The van der Waals surface area contributed by atoms with Crippen LogP contribution in [0.15, 0.2) is 36.4 Å². The molecule has 0 saturated heterocycles. The highest BCUT2D eigenvalue weighted by atomic mass is 35.5. The summed E-state index contributed by atoms with van der Waals surface area (Å²) in [7, 11) is 0. The quantitative estimate of drug-likeness (QED) is 0.836. The normalized spacial score (nSPS) is 10.4. The molecule has 0 radical (unpaired) electrons. The van der Waals surface area contributed by atoms with Gasteiger partial charge in [0.05, 0.1) is 13.0 Å². The Kier molecular flexibility index (Phi) is 6.91. The van der Waals surface area contributed by atoms with Gasteiger partial charge in [-0.1, -0.05) is 12.1 Å². The van der Waals surface area contributed by atoms with E-state index in [0.717, 1.165) is 11.3 Å². The van der Waals surface area contributed by atoms with Crippen LogP contribution in [0.5, 0.6) is 0 Å². The van der Waals surface area contributed by atoms with E-state index in [1.54, 1.807) is 11.3 Å². The molecule has 1 aromatic heterocycles. The summed E-state index contributed by atoms with van der Waals surface area (Å²) in [5, 5.41) is 0. The van der Waals surface area contributed by atoms with Crippen molar-refractivity contribution in [2.45, 2.75) is 39.8 Å². The largest absolute Gasteiger partial charge is 0.399 e. The molecule has 2 aromatic rings. The van der Waals surface area contributed by atoms with Gasteiger partial charge in [-0.3, -0.25) is 4.79 Å². The maximum absolute atomic E-state index is 12.5. The number of nitrogens with zero attached hydrogens (tertiary/aromatic N) is 1. The SMILES string of the molecule is Cc1ccc(CN(C(=O)Cc2ccc(N)cc2)C(C)C)s1.Cl. The fourth-order valence-corrected chi connectivity index (χ4v) is 3.10. The van der Waals surface area contributed by atoms with Crippen LogP contribution in [0.3, 0.4) is 0 Å². The van der Waals surface area contributed by atoms with Gasteiger partial charge >= 0.3 is 0 Å². The molecule has 1 heterocycles. The highest BCUT2D eigenvalue weighted by molar-refractivity contribution is 7.11. The van der Waals surface area contributed by atoms with E-state index in [4.69, 9.17) is 5.73 Å². The molecule has 0 bridgehead atoms. The first-order chi connectivity index (χ1) is 9.95. The van der Waals surface area contributed by atoms with Gasteiger partial charge in [0.1, 0.15) is 0 Å². The Morgan fingerprint density at radius 1 is 1.18 bits per heavy atom. The second kappa shape index (κ2) is 8.20. The van der Waals surface area contributed by atoms with Crippen LogP contribution in [0.2, 0.25) is 0 Å². The number of benzene rings is 1. The van der Waals surface area contributed by atoms with Crippen molar-refractivity contribution in [3.8, 4) is 0 Å². The number of carbonyl (C=O) groups excluding carboxylic acids is 1. The van der Waals surface area contributed by atoms with Crippen LogP contribution >= 0.6 is 23.7 Å². The number of hydrogen-bond acceptors (Lipinski definition) is 3. The first kappa shape index (κ1) is 18.5. The zero-order valence-electron chi connectivity index (χ0n) is 13.2. The molecule has 22 heavy (non-hydrogen) atoms. The van der Waals surface area contributed by atoms with Gasteiger partial charge < -0.3 is 10.6 Å². The number of carbonyl (C=O) groups is 1. The minimum atomic E-state index is 0. The summed E-state index contributed by atoms with van der Waals surface area (Å²) < 4.78 is 0. The number of nitrogen functional groups attached to an aromatic ring is 1. The molecule has 1 aromatic carbocycles. The third-order valence-electron chi connectivity index (χ3n) is 3.40. The number of halogens is 1. The van der Waals surface area contributed by atoms with Gasteiger partial charge in [0.25, 0.3) is 0 Å². The Morgan fingerprint density at radius 2 is 1.82 bits per heavy atom. The Morgan fingerprint density at radius 3 is 2.32 bits per heavy atom. The van der Waals surface area contributed by atoms with Crippen LogP contribution < -0.4 is 5.73 Å². The zero-order valence-corrected chi connectivity index (χ0v) is 14.8. The van der Waals surface area contributed by atoms with Crippen LogP contribution in [0, 0.1) is 6.92 Å². The van der Waals surface area contributed by atoms with Gasteiger partial charge in [-0.05, 0) is 50.6 Å². The standard InChI is InChI=1S/C17H22N2OS.ClH/c1-12(2)19(11-16-9-4-13(3)21-16)17(20)10-14-5-7-15(18)8-6-14;/h4-9,12H,10-11,18H2,1-3H3;1H. The third-order valence-corrected chi connectivity index (χ3v) is 4.39. The topological polar surface area (TPSA) is 46.3 Å². The van der Waals surface area contributed by atoms with Crippen molar-refractivity contribution in [2.24, 2.45) is 0 Å². The van der Waals surface area contributed by atoms with E-state index in [2.05, 4.69) is 32.9 Å². The van der Waals surface area contributed by atoms with E-state index >= 15 is 0 Å². The summed E-state index contributed by atoms with van der Waals surface area (Å²) in [6, 6.07) is 11.9. The summed E-state index contributed by atoms with van der Waals surface area (Å²) in [6.45, 7) is 6.89. The van der Waals surface area contributed by atoms with Crippen LogP contribution in [0.4, 0.5) is 5.69 Å². The molecule has 0 fully saturated rings. The number of hydrogen-bond donors (Lipinski definition) is 1. The number of rotatable bonds is 5. The van der Waals surface area contributed by atoms with Crippen molar-refractivity contribution in [2.75, 3.05) is 5.73 Å². The molecule has 1 amide bonds. The monoisotopic (exact) mass is 338 g/mol. The fraction of sp³-hybridized carbons (Fsp3) is 0.353. The molecule has 5 heteroatoms. The minimum absolute atomic E-state index is 0. The molecular formula is C17H23ClN2OS. The van der Waals surface area contributed by atoms with E-state index in [0.29, 0.717) is 13.0 Å². The average molecular weight is 339 g/mol. The first-order valence-electron chi connectivity index (χ1n) is 7.15. The van der Waals surface area contributed by atoms with Crippen molar-refractivity contribution < 1.29 is 4.79 Å². The lowest BCUT2D eigenvalue weighted by molar-refractivity contribution is -0.132. The van der Waals surface area contributed by atoms with Gasteiger partial charge in [-0.2, -0.15) is 0 Å². The average Bonchev–Trinajstić information content (AvgIpc) is 2.84. The molecule has 0 saturated carbocycles. The Hall–Kier alpha value is -1.52. The maximum atomic E-state index is 12.5. The summed E-state index contributed by atoms with van der Waals surface area (Å²) in [5.41, 5.74) is 7.40. The highest BCUT2D eigenvalue weighted by Crippen LogP contribution is 2.19. The van der Waals surface area contributed by atoms with Crippen LogP contribution in [0.25, 0.3) is 0 Å². The molecule has 0 unspecified atom stereocenters. The summed E-state index contributed by atoms with van der Waals surface area (Å²) in [6.07, 6.45) is 0.419. The van der Waals surface area contributed by atoms with Gasteiger partial charge in [0, 0.05) is 21.5 Å². The molecule has 0 aliphatic rings. The van der Waals surface area contributed by atoms with E-state index in [1.807, 2.05) is 29.2 Å². The highest BCUT2D eigenvalue weighted by Gasteiger charge is 2.18. The molecule has 3 nitrogen and oxygen atoms in total. The number of nitrogens with two attached hydrogens (primary N) is 1. The number of thiophene rings is 1. The second-order valence-corrected chi connectivity index (χ2v) is 6.92. The van der Waals surface area contributed by atoms with Gasteiger partial charge in [0.15, 0.2) is 0 Å². The van der Waals surface area contributed by atoms with Gasteiger partial charge in [-0.25, -0.2) is 0 Å². The van der Waals surface area contributed by atoms with Crippen LogP contribution in [-0.4, -0.2) is 16.8 Å². The molecule has 2 N–H and O–H groups in total. The number of aryl methyl sites for hydroxylation is 1. The Balaban J connectivity index is 0.00000242. The van der Waals surface area contributed by atoms with Crippen molar-refractivity contribution in [1.82, 2.24) is 4.90 Å². The summed E-state index contributed by atoms with van der Waals surface area (Å²) in [4.78, 5) is 17.0. The number of amides is 1. The number of anilines is 1. The third kappa shape index (κ3) is 5.04. The van der Waals surface area contributed by atoms with E-state index in [-0.39, 0.29) is 24.4 Å². The second-order valence-electron chi connectivity index (χ2n) is 5.55. The Labute approximate surface area is 142 Å². The van der Waals surface area contributed by atoms with Crippen LogP contribution in [-0.2, 0) is 17.8 Å². The van der Waals surface area contributed by atoms with Crippen molar-refractivity contribution >= 4 is 35.3 Å². The fourth-order valence-electron chi connectivity index (χ4n) is 2.21. The Bertz CT molecular complexity index is 607. The first-order valence-corrected chi connectivity index (χ1v) is 7.96. The molecular weight excluding hydrogens is 316 g/mol. The van der Waals surface area contributed by atoms with Gasteiger partial charge in [0.2, 0.25) is 5.91 Å². The lowest BCUT2D eigenvalue weighted by Crippen LogP contribution is -2.37. The lowest BCUT2D eigenvalue weighted by atomic mass is 10.1. The maximum Gasteiger partial charge on any atom is 0.227 e. The van der Waals surface area contributed by atoms with Crippen LogP contribution in [0.1, 0.15) is 29.2 Å².